The Balaban J connectivity index is 3.16. The van der Waals surface area contributed by atoms with Crippen molar-refractivity contribution in [2.45, 2.75) is 12.8 Å². The predicted molar refractivity (Wildman–Crippen MR) is 52.3 cm³/mol. The highest BCUT2D eigenvalue weighted by Crippen LogP contribution is 2.25. The number of carboxylic acid groups (broad SMARTS) is 1. The lowest BCUT2D eigenvalue weighted by Gasteiger charge is -2.13. The molecular weight excluding hydrogens is 182 g/mol. The van der Waals surface area contributed by atoms with Gasteiger partial charge in [0.05, 0.1) is 5.92 Å². The second kappa shape index (κ2) is 4.11. The molecule has 76 valence electrons. The number of nitrogens with two attached hydrogens (primary N) is 1. The summed E-state index contributed by atoms with van der Waals surface area (Å²) >= 11 is 0. The van der Waals surface area contributed by atoms with Crippen molar-refractivity contribution in [3.05, 3.63) is 29.3 Å². The summed E-state index contributed by atoms with van der Waals surface area (Å²) in [4.78, 5) is 10.8. The molecule has 0 aliphatic rings. The highest BCUT2D eigenvalue weighted by molar-refractivity contribution is 5.77. The molecule has 0 saturated carbocycles. The zero-order valence-corrected chi connectivity index (χ0v) is 7.90. The van der Waals surface area contributed by atoms with Crippen LogP contribution < -0.4 is 5.73 Å². The van der Waals surface area contributed by atoms with Gasteiger partial charge in [-0.15, -0.1) is 0 Å². The van der Waals surface area contributed by atoms with E-state index in [4.69, 9.17) is 10.8 Å². The van der Waals surface area contributed by atoms with Crippen molar-refractivity contribution in [2.75, 3.05) is 6.54 Å². The molecule has 0 aliphatic heterocycles. The number of rotatable bonds is 3. The smallest absolute Gasteiger partial charge is 0.312 e. The van der Waals surface area contributed by atoms with E-state index in [0.29, 0.717) is 11.1 Å². The average Bonchev–Trinajstić information content (AvgIpc) is 2.13. The van der Waals surface area contributed by atoms with Crippen LogP contribution in [0.1, 0.15) is 17.0 Å². The van der Waals surface area contributed by atoms with E-state index < -0.39 is 11.9 Å². The topological polar surface area (TPSA) is 83.5 Å². The van der Waals surface area contributed by atoms with Gasteiger partial charge in [0.25, 0.3) is 0 Å². The first-order valence-corrected chi connectivity index (χ1v) is 4.29. The molecule has 0 aromatic heterocycles. The largest absolute Gasteiger partial charge is 0.508 e. The molecule has 0 fully saturated rings. The second-order valence-electron chi connectivity index (χ2n) is 3.12. The lowest BCUT2D eigenvalue weighted by molar-refractivity contribution is -0.138. The fraction of sp³-hybridized carbons (Fsp3) is 0.300. The van der Waals surface area contributed by atoms with Crippen LogP contribution in [0.3, 0.4) is 0 Å². The molecule has 0 radical (unpaired) electrons. The lowest BCUT2D eigenvalue weighted by Crippen LogP contribution is -2.21. The highest BCUT2D eigenvalue weighted by Gasteiger charge is 2.20. The van der Waals surface area contributed by atoms with Crippen LogP contribution in [-0.4, -0.2) is 22.7 Å². The molecule has 1 aromatic rings. The van der Waals surface area contributed by atoms with E-state index in [1.165, 1.54) is 6.07 Å². The Labute approximate surface area is 82.0 Å². The maximum Gasteiger partial charge on any atom is 0.312 e. The van der Waals surface area contributed by atoms with Gasteiger partial charge < -0.3 is 15.9 Å². The van der Waals surface area contributed by atoms with Crippen LogP contribution in [0.25, 0.3) is 0 Å². The fourth-order valence-corrected chi connectivity index (χ4v) is 1.38. The maximum absolute atomic E-state index is 10.8. The number of hydrogen-bond acceptors (Lipinski definition) is 3. The van der Waals surface area contributed by atoms with E-state index in [1.54, 1.807) is 19.1 Å². The van der Waals surface area contributed by atoms with E-state index in [-0.39, 0.29) is 12.3 Å². The summed E-state index contributed by atoms with van der Waals surface area (Å²) in [6, 6.07) is 4.80. The number of carbonyl (C=O) groups is 1. The Morgan fingerprint density at radius 2 is 2.21 bits per heavy atom. The van der Waals surface area contributed by atoms with Crippen LogP contribution in [0.5, 0.6) is 5.75 Å². The van der Waals surface area contributed by atoms with Crippen LogP contribution in [0.4, 0.5) is 0 Å². The number of phenols is 1. The maximum atomic E-state index is 10.8. The predicted octanol–water partition coefficient (Wildman–Crippen LogP) is 0.828. The monoisotopic (exact) mass is 195 g/mol. The van der Waals surface area contributed by atoms with Crippen LogP contribution in [0, 0.1) is 6.92 Å². The summed E-state index contributed by atoms with van der Waals surface area (Å²) in [7, 11) is 0. The third-order valence-corrected chi connectivity index (χ3v) is 2.26. The SMILES string of the molecule is Cc1c(O)cccc1C(CN)C(=O)O. The minimum absolute atomic E-state index is 0.0274. The summed E-state index contributed by atoms with van der Waals surface area (Å²) in [5, 5.41) is 18.3. The van der Waals surface area contributed by atoms with Gasteiger partial charge in [-0.05, 0) is 24.1 Å². The van der Waals surface area contributed by atoms with Crippen LogP contribution in [0.2, 0.25) is 0 Å². The number of carboxylic acids is 1. The van der Waals surface area contributed by atoms with Gasteiger partial charge in [-0.25, -0.2) is 0 Å². The first-order chi connectivity index (χ1) is 6.57. The van der Waals surface area contributed by atoms with E-state index in [9.17, 15) is 9.90 Å². The molecule has 0 heterocycles. The zero-order valence-electron chi connectivity index (χ0n) is 7.90. The van der Waals surface area contributed by atoms with Gasteiger partial charge >= 0.3 is 5.97 Å². The summed E-state index contributed by atoms with van der Waals surface area (Å²) in [5.74, 6) is -1.62. The minimum atomic E-state index is -0.971. The number of hydrogen-bond donors (Lipinski definition) is 3. The van der Waals surface area contributed by atoms with Gasteiger partial charge in [-0.1, -0.05) is 12.1 Å². The molecule has 0 bridgehead atoms. The van der Waals surface area contributed by atoms with Crippen molar-refractivity contribution in [3.8, 4) is 5.75 Å². The summed E-state index contributed by atoms with van der Waals surface area (Å²) in [5.41, 5.74) is 6.51. The van der Waals surface area contributed by atoms with Gasteiger partial charge in [0, 0.05) is 6.54 Å². The summed E-state index contributed by atoms with van der Waals surface area (Å²) in [6.07, 6.45) is 0. The normalized spacial score (nSPS) is 12.4. The van der Waals surface area contributed by atoms with Gasteiger partial charge in [0.1, 0.15) is 5.75 Å². The van der Waals surface area contributed by atoms with Crippen molar-refractivity contribution in [3.63, 3.8) is 0 Å². The first kappa shape index (κ1) is 10.5. The number of aliphatic carboxylic acids is 1. The van der Waals surface area contributed by atoms with Crippen LogP contribution in [0.15, 0.2) is 18.2 Å². The standard InChI is InChI=1S/C10H13NO3/c1-6-7(3-2-4-9(6)12)8(5-11)10(13)14/h2-4,8,12H,5,11H2,1H3,(H,13,14). The van der Waals surface area contributed by atoms with Crippen molar-refractivity contribution >= 4 is 5.97 Å². The molecular formula is C10H13NO3. The van der Waals surface area contributed by atoms with Crippen molar-refractivity contribution < 1.29 is 15.0 Å². The lowest BCUT2D eigenvalue weighted by atomic mass is 9.94. The van der Waals surface area contributed by atoms with Crippen molar-refractivity contribution in [1.82, 2.24) is 0 Å². The first-order valence-electron chi connectivity index (χ1n) is 4.29. The fourth-order valence-electron chi connectivity index (χ4n) is 1.38. The van der Waals surface area contributed by atoms with Crippen LogP contribution >= 0.6 is 0 Å². The third-order valence-electron chi connectivity index (χ3n) is 2.26. The van der Waals surface area contributed by atoms with Gasteiger partial charge in [0.2, 0.25) is 0 Å². The molecule has 4 heteroatoms. The molecule has 1 atom stereocenters. The average molecular weight is 195 g/mol. The third kappa shape index (κ3) is 1.85. The van der Waals surface area contributed by atoms with Crippen molar-refractivity contribution in [1.29, 1.82) is 0 Å². The molecule has 4 N–H and O–H groups in total. The molecule has 1 aromatic carbocycles. The van der Waals surface area contributed by atoms with Crippen molar-refractivity contribution in [2.24, 2.45) is 5.73 Å². The number of benzene rings is 1. The van der Waals surface area contributed by atoms with E-state index >= 15 is 0 Å². The molecule has 1 unspecified atom stereocenters. The zero-order chi connectivity index (χ0) is 10.7. The molecule has 0 spiro atoms. The molecule has 0 aliphatic carbocycles. The number of aromatic hydroxyl groups is 1. The Kier molecular flexibility index (Phi) is 3.09. The summed E-state index contributed by atoms with van der Waals surface area (Å²) < 4.78 is 0. The quantitative estimate of drug-likeness (QED) is 0.667. The molecule has 0 saturated heterocycles. The Bertz CT molecular complexity index is 349. The Morgan fingerprint density at radius 3 is 2.71 bits per heavy atom. The van der Waals surface area contributed by atoms with E-state index in [2.05, 4.69) is 0 Å². The second-order valence-corrected chi connectivity index (χ2v) is 3.12. The molecule has 1 rings (SSSR count). The van der Waals surface area contributed by atoms with E-state index in [0.717, 1.165) is 0 Å². The van der Waals surface area contributed by atoms with Gasteiger partial charge in [-0.2, -0.15) is 0 Å². The molecule has 4 nitrogen and oxygen atoms in total. The highest BCUT2D eigenvalue weighted by atomic mass is 16.4. The summed E-state index contributed by atoms with van der Waals surface area (Å²) in [6.45, 7) is 1.70. The number of phenolic OH excluding ortho intramolecular Hbond substituents is 1. The van der Waals surface area contributed by atoms with Crippen LogP contribution in [-0.2, 0) is 4.79 Å². The Morgan fingerprint density at radius 1 is 1.57 bits per heavy atom. The molecule has 14 heavy (non-hydrogen) atoms. The Hall–Kier alpha value is -1.55. The van der Waals surface area contributed by atoms with Gasteiger partial charge in [-0.3, -0.25) is 4.79 Å². The minimum Gasteiger partial charge on any atom is -0.508 e. The van der Waals surface area contributed by atoms with E-state index in [1.807, 2.05) is 0 Å². The van der Waals surface area contributed by atoms with Gasteiger partial charge in [0.15, 0.2) is 0 Å². The molecule has 0 amide bonds.